The molecule has 2 heterocycles. The fourth-order valence-corrected chi connectivity index (χ4v) is 4.21. The Morgan fingerprint density at radius 1 is 1.14 bits per heavy atom. The molecule has 0 fully saturated rings. The van der Waals surface area contributed by atoms with Gasteiger partial charge in [0, 0.05) is 24.2 Å². The predicted octanol–water partition coefficient (Wildman–Crippen LogP) is 4.35. The highest BCUT2D eigenvalue weighted by atomic mass is 35.5. The molecule has 0 saturated heterocycles. The number of benzene rings is 2. The summed E-state index contributed by atoms with van der Waals surface area (Å²) in [5, 5.41) is 0.700. The molecule has 29 heavy (non-hydrogen) atoms. The fourth-order valence-electron chi connectivity index (χ4n) is 3.21. The molecule has 0 N–H and O–H groups in total. The van der Waals surface area contributed by atoms with Crippen molar-refractivity contribution in [1.29, 1.82) is 0 Å². The van der Waals surface area contributed by atoms with E-state index in [2.05, 4.69) is 4.90 Å². The van der Waals surface area contributed by atoms with Crippen LogP contribution in [0.15, 0.2) is 36.4 Å². The zero-order valence-electron chi connectivity index (χ0n) is 16.7. The standard InChI is InChI=1S/C21H23N3O3S.ClH/c1-14-7-4-5-8-15(14)20(25)24(10-6-9-23(2)3)21-22-16-11-17-18(27-13-26-17)12-19(16)28-21;/h4-5,7-8,11-12H,6,9-10,13H2,1-3H3;1H. The second-order valence-corrected chi connectivity index (χ2v) is 8.11. The van der Waals surface area contributed by atoms with Crippen molar-refractivity contribution in [3.63, 3.8) is 0 Å². The van der Waals surface area contributed by atoms with Crippen molar-refractivity contribution in [3.05, 3.63) is 47.5 Å². The maximum absolute atomic E-state index is 13.3. The second kappa shape index (κ2) is 8.98. The van der Waals surface area contributed by atoms with E-state index in [1.807, 2.05) is 57.4 Å². The molecule has 8 heteroatoms. The maximum Gasteiger partial charge on any atom is 0.260 e. The van der Waals surface area contributed by atoms with E-state index in [1.165, 1.54) is 11.3 Å². The van der Waals surface area contributed by atoms with Crippen LogP contribution in [0.2, 0.25) is 0 Å². The van der Waals surface area contributed by atoms with Gasteiger partial charge in [-0.25, -0.2) is 4.98 Å². The molecule has 4 rings (SSSR count). The zero-order valence-corrected chi connectivity index (χ0v) is 18.3. The molecule has 0 aliphatic carbocycles. The molecule has 6 nitrogen and oxygen atoms in total. The number of anilines is 1. The van der Waals surface area contributed by atoms with E-state index in [0.29, 0.717) is 23.0 Å². The van der Waals surface area contributed by atoms with E-state index in [4.69, 9.17) is 14.5 Å². The van der Waals surface area contributed by atoms with Crippen LogP contribution in [-0.2, 0) is 0 Å². The summed E-state index contributed by atoms with van der Waals surface area (Å²) in [6, 6.07) is 11.5. The molecule has 1 aromatic heterocycles. The minimum Gasteiger partial charge on any atom is -0.454 e. The van der Waals surface area contributed by atoms with Crippen LogP contribution in [0.1, 0.15) is 22.3 Å². The number of hydrogen-bond acceptors (Lipinski definition) is 6. The number of nitrogens with zero attached hydrogens (tertiary/aromatic N) is 3. The van der Waals surface area contributed by atoms with Crippen LogP contribution in [0.3, 0.4) is 0 Å². The van der Waals surface area contributed by atoms with Crippen molar-refractivity contribution in [3.8, 4) is 11.5 Å². The van der Waals surface area contributed by atoms with Crippen molar-refractivity contribution in [2.24, 2.45) is 0 Å². The van der Waals surface area contributed by atoms with Crippen LogP contribution in [0.4, 0.5) is 5.13 Å². The second-order valence-electron chi connectivity index (χ2n) is 7.10. The van der Waals surface area contributed by atoms with Crippen molar-refractivity contribution in [2.75, 3.05) is 38.9 Å². The molecule has 0 unspecified atom stereocenters. The van der Waals surface area contributed by atoms with Gasteiger partial charge in [-0.3, -0.25) is 9.69 Å². The SMILES string of the molecule is Cc1ccccc1C(=O)N(CCCN(C)C)c1nc2cc3c(cc2s1)OCO3.Cl. The number of ether oxygens (including phenoxy) is 2. The first-order chi connectivity index (χ1) is 13.5. The van der Waals surface area contributed by atoms with Gasteiger partial charge in [0.2, 0.25) is 6.79 Å². The van der Waals surface area contributed by atoms with Gasteiger partial charge in [0.15, 0.2) is 16.6 Å². The predicted molar refractivity (Wildman–Crippen MR) is 119 cm³/mol. The van der Waals surface area contributed by atoms with Gasteiger partial charge >= 0.3 is 0 Å². The Labute approximate surface area is 180 Å². The number of halogens is 1. The lowest BCUT2D eigenvalue weighted by molar-refractivity contribution is 0.0985. The smallest absolute Gasteiger partial charge is 0.260 e. The van der Waals surface area contributed by atoms with E-state index in [-0.39, 0.29) is 25.1 Å². The van der Waals surface area contributed by atoms with Gasteiger partial charge in [0.1, 0.15) is 0 Å². The Balaban J connectivity index is 0.00000240. The quantitative estimate of drug-likeness (QED) is 0.578. The Morgan fingerprint density at radius 2 is 1.86 bits per heavy atom. The van der Waals surface area contributed by atoms with Crippen LogP contribution >= 0.6 is 23.7 Å². The molecule has 0 spiro atoms. The summed E-state index contributed by atoms with van der Waals surface area (Å²) in [5.41, 5.74) is 2.49. The van der Waals surface area contributed by atoms with E-state index < -0.39 is 0 Å². The van der Waals surface area contributed by atoms with Crippen molar-refractivity contribution < 1.29 is 14.3 Å². The molecule has 0 radical (unpaired) electrons. The summed E-state index contributed by atoms with van der Waals surface area (Å²) < 4.78 is 11.9. The van der Waals surface area contributed by atoms with Gasteiger partial charge in [-0.2, -0.15) is 0 Å². The third-order valence-corrected chi connectivity index (χ3v) is 5.75. The number of carbonyl (C=O) groups is 1. The van der Waals surface area contributed by atoms with E-state index in [1.54, 1.807) is 4.90 Å². The molecule has 0 bridgehead atoms. The number of amides is 1. The largest absolute Gasteiger partial charge is 0.454 e. The molecule has 154 valence electrons. The number of thiazole rings is 1. The lowest BCUT2D eigenvalue weighted by Gasteiger charge is -2.21. The highest BCUT2D eigenvalue weighted by Crippen LogP contribution is 2.40. The summed E-state index contributed by atoms with van der Waals surface area (Å²) in [5.74, 6) is 1.41. The van der Waals surface area contributed by atoms with Crippen LogP contribution < -0.4 is 14.4 Å². The molecular weight excluding hydrogens is 410 g/mol. The van der Waals surface area contributed by atoms with E-state index >= 15 is 0 Å². The molecule has 1 aliphatic rings. The zero-order chi connectivity index (χ0) is 19.7. The monoisotopic (exact) mass is 433 g/mol. The first kappa shape index (κ1) is 21.4. The molecule has 0 atom stereocenters. The average Bonchev–Trinajstić information content (AvgIpc) is 3.28. The summed E-state index contributed by atoms with van der Waals surface area (Å²) in [4.78, 5) is 22.0. The van der Waals surface area contributed by atoms with E-state index in [0.717, 1.165) is 34.5 Å². The number of aryl methyl sites for hydroxylation is 1. The summed E-state index contributed by atoms with van der Waals surface area (Å²) in [6.07, 6.45) is 0.864. The summed E-state index contributed by atoms with van der Waals surface area (Å²) in [6.45, 7) is 3.71. The Kier molecular flexibility index (Phi) is 6.62. The van der Waals surface area contributed by atoms with Gasteiger partial charge in [-0.15, -0.1) is 12.4 Å². The van der Waals surface area contributed by atoms with Gasteiger partial charge < -0.3 is 14.4 Å². The van der Waals surface area contributed by atoms with Gasteiger partial charge in [0.25, 0.3) is 5.91 Å². The Hall–Kier alpha value is -2.35. The van der Waals surface area contributed by atoms with Crippen LogP contribution in [-0.4, -0.2) is 49.8 Å². The molecule has 1 amide bonds. The van der Waals surface area contributed by atoms with Gasteiger partial charge in [-0.05, 0) is 45.6 Å². The van der Waals surface area contributed by atoms with Gasteiger partial charge in [-0.1, -0.05) is 29.5 Å². The van der Waals surface area contributed by atoms with Crippen molar-refractivity contribution >= 4 is 45.0 Å². The fraction of sp³-hybridized carbons (Fsp3) is 0.333. The number of rotatable bonds is 6. The maximum atomic E-state index is 13.3. The van der Waals surface area contributed by atoms with Crippen molar-refractivity contribution in [1.82, 2.24) is 9.88 Å². The molecule has 3 aromatic rings. The Morgan fingerprint density at radius 3 is 2.59 bits per heavy atom. The number of hydrogen-bond donors (Lipinski definition) is 0. The van der Waals surface area contributed by atoms with Crippen LogP contribution in [0.25, 0.3) is 10.2 Å². The number of aromatic nitrogens is 1. The summed E-state index contributed by atoms with van der Waals surface area (Å²) >= 11 is 1.50. The molecule has 1 aliphatic heterocycles. The van der Waals surface area contributed by atoms with Crippen LogP contribution in [0.5, 0.6) is 11.5 Å². The van der Waals surface area contributed by atoms with E-state index in [9.17, 15) is 4.79 Å². The average molecular weight is 434 g/mol. The minimum absolute atomic E-state index is 0. The van der Waals surface area contributed by atoms with Crippen LogP contribution in [0, 0.1) is 6.92 Å². The van der Waals surface area contributed by atoms with Gasteiger partial charge in [0.05, 0.1) is 10.2 Å². The molecule has 2 aromatic carbocycles. The third-order valence-electron chi connectivity index (χ3n) is 4.71. The lowest BCUT2D eigenvalue weighted by atomic mass is 10.1. The first-order valence-corrected chi connectivity index (χ1v) is 10.1. The highest BCUT2D eigenvalue weighted by Gasteiger charge is 2.24. The molecular formula is C21H24ClN3O3S. The number of fused-ring (bicyclic) bond motifs is 2. The Bertz CT molecular complexity index is 981. The topological polar surface area (TPSA) is 54.9 Å². The van der Waals surface area contributed by atoms with Crippen molar-refractivity contribution in [2.45, 2.75) is 13.3 Å². The minimum atomic E-state index is -0.0176. The first-order valence-electron chi connectivity index (χ1n) is 9.25. The highest BCUT2D eigenvalue weighted by molar-refractivity contribution is 7.22. The third kappa shape index (κ3) is 4.47. The normalized spacial score (nSPS) is 12.3. The lowest BCUT2D eigenvalue weighted by Crippen LogP contribution is -2.33. The number of carbonyl (C=O) groups excluding carboxylic acids is 1. The molecule has 0 saturated carbocycles. The summed E-state index contributed by atoms with van der Waals surface area (Å²) in [7, 11) is 4.07.